The van der Waals surface area contributed by atoms with Crippen molar-refractivity contribution in [2.45, 2.75) is 37.5 Å². The topological polar surface area (TPSA) is 81.4 Å². The van der Waals surface area contributed by atoms with Crippen molar-refractivity contribution in [1.29, 1.82) is 0 Å². The van der Waals surface area contributed by atoms with Crippen LogP contribution in [0.1, 0.15) is 31.7 Å². The lowest BCUT2D eigenvalue weighted by Gasteiger charge is -2.08. The van der Waals surface area contributed by atoms with E-state index in [0.29, 0.717) is 17.9 Å². The fourth-order valence-corrected chi connectivity index (χ4v) is 4.81. The summed E-state index contributed by atoms with van der Waals surface area (Å²) < 4.78 is 20.9. The molecule has 6 nitrogen and oxygen atoms in total. The van der Waals surface area contributed by atoms with E-state index in [9.17, 15) is 14.1 Å². The highest BCUT2D eigenvalue weighted by Gasteiger charge is 2.16. The van der Waals surface area contributed by atoms with Gasteiger partial charge >= 0.3 is 5.97 Å². The summed E-state index contributed by atoms with van der Waals surface area (Å²) in [6.07, 6.45) is 7.74. The molecule has 0 fully saturated rings. The predicted octanol–water partition coefficient (Wildman–Crippen LogP) is 5.47. The van der Waals surface area contributed by atoms with Gasteiger partial charge in [0.05, 0.1) is 17.0 Å². The Hall–Kier alpha value is -3.45. The van der Waals surface area contributed by atoms with Gasteiger partial charge in [0.2, 0.25) is 0 Å². The molecule has 0 bridgehead atoms. The molecule has 1 unspecified atom stereocenters. The molecule has 0 saturated heterocycles. The average Bonchev–Trinajstić information content (AvgIpc) is 3.21. The molecule has 1 atom stereocenters. The van der Waals surface area contributed by atoms with Gasteiger partial charge in [-0.25, -0.2) is 4.21 Å². The molecule has 0 aliphatic rings. The Kier molecular flexibility index (Phi) is 7.19. The van der Waals surface area contributed by atoms with Crippen LogP contribution in [0.4, 0.5) is 0 Å². The summed E-state index contributed by atoms with van der Waals surface area (Å²) in [5.74, 6) is -0.107. The Labute approximate surface area is 195 Å². The second-order valence-electron chi connectivity index (χ2n) is 7.77. The minimum absolute atomic E-state index is 0.00661. The molecule has 170 valence electrons. The van der Waals surface area contributed by atoms with Crippen LogP contribution < -0.4 is 4.74 Å². The van der Waals surface area contributed by atoms with Gasteiger partial charge in [0.1, 0.15) is 5.75 Å². The fraction of sp³-hybridized carbons (Fsp3) is 0.231. The van der Waals surface area contributed by atoms with Gasteiger partial charge in [0.25, 0.3) is 0 Å². The van der Waals surface area contributed by atoms with Crippen molar-refractivity contribution in [2.75, 3.05) is 6.61 Å². The zero-order valence-corrected chi connectivity index (χ0v) is 19.3. The Bertz CT molecular complexity index is 1270. The van der Waals surface area contributed by atoms with Crippen molar-refractivity contribution < 1.29 is 18.8 Å². The molecular formula is C26H26N2O4S. The number of unbranched alkanes of at least 4 members (excludes halogenated alkanes) is 1. The lowest BCUT2D eigenvalue weighted by Crippen LogP contribution is -2.04. The van der Waals surface area contributed by atoms with Crippen molar-refractivity contribution in [3.63, 3.8) is 0 Å². The maximum Gasteiger partial charge on any atom is 0.303 e. The van der Waals surface area contributed by atoms with Gasteiger partial charge in [0, 0.05) is 36.0 Å². The van der Waals surface area contributed by atoms with Crippen LogP contribution >= 0.6 is 0 Å². The van der Waals surface area contributed by atoms with Crippen molar-refractivity contribution in [1.82, 2.24) is 8.96 Å². The third kappa shape index (κ3) is 5.31. The highest BCUT2D eigenvalue weighted by molar-refractivity contribution is 7.83. The normalized spacial score (nSPS) is 12.0. The Balaban J connectivity index is 1.69. The summed E-state index contributed by atoms with van der Waals surface area (Å²) in [6.45, 7) is 2.77. The third-order valence-corrected chi connectivity index (χ3v) is 6.76. The van der Waals surface area contributed by atoms with Crippen molar-refractivity contribution in [3.8, 4) is 16.9 Å². The first kappa shape index (κ1) is 22.7. The number of carboxylic acids is 1. The number of benzene rings is 2. The maximum atomic E-state index is 13.4. The van der Waals surface area contributed by atoms with Crippen LogP contribution in [-0.2, 0) is 22.2 Å². The monoisotopic (exact) mass is 462 g/mol. The molecule has 4 rings (SSSR count). The van der Waals surface area contributed by atoms with Crippen LogP contribution in [0.15, 0.2) is 78.1 Å². The van der Waals surface area contributed by atoms with Gasteiger partial charge in [-0.2, -0.15) is 0 Å². The van der Waals surface area contributed by atoms with Gasteiger partial charge in [-0.15, -0.1) is 0 Å². The van der Waals surface area contributed by atoms with Crippen LogP contribution in [0.5, 0.6) is 5.75 Å². The predicted molar refractivity (Wildman–Crippen MR) is 130 cm³/mol. The van der Waals surface area contributed by atoms with Crippen molar-refractivity contribution in [3.05, 3.63) is 78.8 Å². The molecule has 0 amide bonds. The number of aliphatic carboxylic acids is 1. The van der Waals surface area contributed by atoms with Crippen LogP contribution in [0, 0.1) is 0 Å². The highest BCUT2D eigenvalue weighted by Crippen LogP contribution is 2.30. The van der Waals surface area contributed by atoms with E-state index in [4.69, 9.17) is 4.74 Å². The second-order valence-corrected chi connectivity index (χ2v) is 9.13. The lowest BCUT2D eigenvalue weighted by molar-refractivity contribution is -0.136. The van der Waals surface area contributed by atoms with Gasteiger partial charge < -0.3 is 9.84 Å². The SMILES string of the molecule is CCCCOc1ccc(S(=O)n2cc(CCC(=O)O)c3cc(-c4cccnc4)ccc32)cc1. The molecule has 2 heterocycles. The molecule has 1 N–H and O–H groups in total. The van der Waals surface area contributed by atoms with Gasteiger partial charge in [-0.3, -0.25) is 13.8 Å². The van der Waals surface area contributed by atoms with Crippen LogP contribution in [0.25, 0.3) is 22.0 Å². The quantitative estimate of drug-likeness (QED) is 0.316. The Morgan fingerprint density at radius 1 is 1.12 bits per heavy atom. The van der Waals surface area contributed by atoms with Crippen LogP contribution in [-0.4, -0.2) is 30.8 Å². The molecule has 33 heavy (non-hydrogen) atoms. The molecule has 2 aromatic heterocycles. The summed E-state index contributed by atoms with van der Waals surface area (Å²) in [5.41, 5.74) is 3.59. The van der Waals surface area contributed by atoms with E-state index < -0.39 is 17.0 Å². The smallest absolute Gasteiger partial charge is 0.303 e. The number of aryl methyl sites for hydroxylation is 1. The maximum absolute atomic E-state index is 13.4. The highest BCUT2D eigenvalue weighted by atomic mass is 32.2. The number of ether oxygens (including phenoxy) is 1. The number of hydrogen-bond acceptors (Lipinski definition) is 4. The van der Waals surface area contributed by atoms with Gasteiger partial charge in [-0.1, -0.05) is 25.5 Å². The van der Waals surface area contributed by atoms with E-state index in [-0.39, 0.29) is 6.42 Å². The average molecular weight is 463 g/mol. The summed E-state index contributed by atoms with van der Waals surface area (Å²) in [7, 11) is -1.48. The largest absolute Gasteiger partial charge is 0.494 e. The molecule has 2 aromatic carbocycles. The zero-order chi connectivity index (χ0) is 23.2. The van der Waals surface area contributed by atoms with E-state index in [1.54, 1.807) is 16.4 Å². The van der Waals surface area contributed by atoms with E-state index in [1.165, 1.54) is 0 Å². The third-order valence-electron chi connectivity index (χ3n) is 5.43. The molecule has 0 saturated carbocycles. The van der Waals surface area contributed by atoms with E-state index in [2.05, 4.69) is 11.9 Å². The summed E-state index contributed by atoms with van der Waals surface area (Å²) >= 11 is 0. The molecule has 0 spiro atoms. The summed E-state index contributed by atoms with van der Waals surface area (Å²) in [4.78, 5) is 16.0. The second kappa shape index (κ2) is 10.4. The first-order chi connectivity index (χ1) is 16.1. The van der Waals surface area contributed by atoms with Gasteiger partial charge in [0.15, 0.2) is 11.0 Å². The van der Waals surface area contributed by atoms with E-state index >= 15 is 0 Å². The lowest BCUT2D eigenvalue weighted by atomic mass is 10.0. The number of pyridine rings is 1. The Morgan fingerprint density at radius 2 is 1.94 bits per heavy atom. The molecule has 7 heteroatoms. The van der Waals surface area contributed by atoms with Crippen LogP contribution in [0.2, 0.25) is 0 Å². The minimum atomic E-state index is -1.48. The van der Waals surface area contributed by atoms with Crippen LogP contribution in [0.3, 0.4) is 0 Å². The van der Waals surface area contributed by atoms with E-state index in [1.807, 2.05) is 60.8 Å². The number of rotatable bonds is 10. The number of fused-ring (bicyclic) bond motifs is 1. The first-order valence-corrected chi connectivity index (χ1v) is 12.1. The molecular weight excluding hydrogens is 436 g/mol. The molecule has 4 aromatic rings. The van der Waals surface area contributed by atoms with E-state index in [0.717, 1.165) is 46.2 Å². The molecule has 0 aliphatic carbocycles. The first-order valence-electron chi connectivity index (χ1n) is 11.0. The molecule has 0 radical (unpaired) electrons. The summed E-state index contributed by atoms with van der Waals surface area (Å²) in [6, 6.07) is 17.1. The minimum Gasteiger partial charge on any atom is -0.494 e. The number of hydrogen-bond donors (Lipinski definition) is 1. The summed E-state index contributed by atoms with van der Waals surface area (Å²) in [5, 5.41) is 10.1. The standard InChI is InChI=1S/C26H26N2O4S/c1-2-3-15-32-22-8-10-23(11-9-22)33(31)28-18-21(7-13-26(29)30)24-16-19(6-12-25(24)28)20-5-4-14-27-17-20/h4-6,8-12,14,16-18H,2-3,7,13,15H2,1H3,(H,29,30). The van der Waals surface area contributed by atoms with Gasteiger partial charge in [-0.05, 0) is 66.4 Å². The number of carbonyl (C=O) groups is 1. The molecule has 0 aliphatic heterocycles. The fourth-order valence-electron chi connectivity index (χ4n) is 3.66. The van der Waals surface area contributed by atoms with Crippen molar-refractivity contribution >= 4 is 27.9 Å². The Morgan fingerprint density at radius 3 is 2.64 bits per heavy atom. The van der Waals surface area contributed by atoms with Crippen molar-refractivity contribution in [2.24, 2.45) is 0 Å². The number of carboxylic acid groups (broad SMARTS) is 1. The zero-order valence-electron chi connectivity index (χ0n) is 18.4. The number of aromatic nitrogens is 2. The number of nitrogens with zero attached hydrogens (tertiary/aromatic N) is 2.